The van der Waals surface area contributed by atoms with Gasteiger partial charge >= 0.3 is 6.18 Å². The molecule has 0 spiro atoms. The minimum atomic E-state index is -4.90. The summed E-state index contributed by atoms with van der Waals surface area (Å²) in [4.78, 5) is 14.0. The second-order valence-corrected chi connectivity index (χ2v) is 4.37. The minimum Gasteiger partial charge on any atom is -0.490 e. The molecule has 0 aliphatic carbocycles. The van der Waals surface area contributed by atoms with Crippen molar-refractivity contribution < 1.29 is 22.7 Å². The van der Waals surface area contributed by atoms with Crippen LogP contribution in [0.2, 0.25) is 0 Å². The molecule has 2 aromatic rings. The first-order chi connectivity index (χ1) is 8.80. The van der Waals surface area contributed by atoms with E-state index in [0.717, 1.165) is 6.20 Å². The van der Waals surface area contributed by atoms with Crippen LogP contribution in [0.15, 0.2) is 24.4 Å². The number of H-pyrrole nitrogens is 1. The number of aromatic nitrogens is 1. The Morgan fingerprint density at radius 2 is 2.00 bits per heavy atom. The lowest BCUT2D eigenvalue weighted by molar-refractivity contribution is -0.0884. The van der Waals surface area contributed by atoms with E-state index in [4.69, 9.17) is 4.74 Å². The first-order valence-corrected chi connectivity index (χ1v) is 5.69. The number of fused-ring (bicyclic) bond motifs is 1. The molecule has 0 saturated heterocycles. The number of aromatic amines is 1. The fourth-order valence-corrected chi connectivity index (χ4v) is 1.84. The standard InChI is InChI=1S/C13H12F3NO2/c1-7(2)19-10-5-3-4-9-11(10)8(6-17-9)12(18)13(14,15)16/h3-7,17H,1-2H3. The molecule has 0 saturated carbocycles. The van der Waals surface area contributed by atoms with Crippen molar-refractivity contribution in [2.24, 2.45) is 0 Å². The molecule has 1 N–H and O–H groups in total. The van der Waals surface area contributed by atoms with Crippen LogP contribution in [0, 0.1) is 0 Å². The van der Waals surface area contributed by atoms with Crippen molar-refractivity contribution in [2.75, 3.05) is 0 Å². The van der Waals surface area contributed by atoms with Crippen LogP contribution in [-0.2, 0) is 0 Å². The summed E-state index contributed by atoms with van der Waals surface area (Å²) in [6.45, 7) is 3.52. The van der Waals surface area contributed by atoms with Crippen molar-refractivity contribution in [2.45, 2.75) is 26.1 Å². The van der Waals surface area contributed by atoms with Gasteiger partial charge in [0, 0.05) is 11.7 Å². The van der Waals surface area contributed by atoms with E-state index in [2.05, 4.69) is 4.98 Å². The van der Waals surface area contributed by atoms with E-state index >= 15 is 0 Å². The van der Waals surface area contributed by atoms with Gasteiger partial charge in [-0.25, -0.2) is 0 Å². The van der Waals surface area contributed by atoms with Crippen LogP contribution >= 0.6 is 0 Å². The van der Waals surface area contributed by atoms with Gasteiger partial charge in [-0.1, -0.05) is 6.07 Å². The zero-order valence-electron chi connectivity index (χ0n) is 10.3. The topological polar surface area (TPSA) is 42.1 Å². The molecule has 0 unspecified atom stereocenters. The number of benzene rings is 1. The monoisotopic (exact) mass is 271 g/mol. The van der Waals surface area contributed by atoms with Gasteiger partial charge in [-0.3, -0.25) is 4.79 Å². The Labute approximate surface area is 107 Å². The lowest BCUT2D eigenvalue weighted by Crippen LogP contribution is -2.22. The van der Waals surface area contributed by atoms with Crippen LogP contribution < -0.4 is 4.74 Å². The Kier molecular flexibility index (Phi) is 3.26. The fraction of sp³-hybridized carbons (Fsp3) is 0.308. The molecule has 3 nitrogen and oxygen atoms in total. The first kappa shape index (κ1) is 13.5. The molecule has 1 aromatic heterocycles. The highest BCUT2D eigenvalue weighted by molar-refractivity contribution is 6.12. The average Bonchev–Trinajstić information content (AvgIpc) is 2.70. The SMILES string of the molecule is CC(C)Oc1cccc2[nH]cc(C(=O)C(F)(F)F)c12. The van der Waals surface area contributed by atoms with Gasteiger partial charge in [0.15, 0.2) is 0 Å². The second-order valence-electron chi connectivity index (χ2n) is 4.37. The van der Waals surface area contributed by atoms with Crippen molar-refractivity contribution in [3.8, 4) is 5.75 Å². The number of halogens is 3. The number of rotatable bonds is 3. The van der Waals surface area contributed by atoms with E-state index in [-0.39, 0.29) is 17.2 Å². The minimum absolute atomic E-state index is 0.165. The number of ketones is 1. The number of hydrogen-bond donors (Lipinski definition) is 1. The van der Waals surface area contributed by atoms with E-state index in [1.807, 2.05) is 0 Å². The van der Waals surface area contributed by atoms with Gasteiger partial charge in [0.2, 0.25) is 0 Å². The van der Waals surface area contributed by atoms with Crippen molar-refractivity contribution in [1.82, 2.24) is 4.98 Å². The number of ether oxygens (including phenoxy) is 1. The predicted octanol–water partition coefficient (Wildman–Crippen LogP) is 3.70. The van der Waals surface area contributed by atoms with Gasteiger partial charge < -0.3 is 9.72 Å². The number of carbonyl (C=O) groups excluding carboxylic acids is 1. The van der Waals surface area contributed by atoms with E-state index in [0.29, 0.717) is 5.52 Å². The maximum Gasteiger partial charge on any atom is 0.454 e. The molecular weight excluding hydrogens is 259 g/mol. The van der Waals surface area contributed by atoms with E-state index in [1.54, 1.807) is 32.0 Å². The van der Waals surface area contributed by atoms with Gasteiger partial charge in [0.05, 0.1) is 17.1 Å². The van der Waals surface area contributed by atoms with Gasteiger partial charge in [-0.2, -0.15) is 13.2 Å². The third-order valence-corrected chi connectivity index (χ3v) is 2.53. The van der Waals surface area contributed by atoms with E-state index in [1.165, 1.54) is 0 Å². The highest BCUT2D eigenvalue weighted by Gasteiger charge is 2.41. The zero-order chi connectivity index (χ0) is 14.2. The quantitative estimate of drug-likeness (QED) is 0.865. The molecule has 2 rings (SSSR count). The molecule has 19 heavy (non-hydrogen) atoms. The first-order valence-electron chi connectivity index (χ1n) is 5.69. The van der Waals surface area contributed by atoms with Crippen LogP contribution in [0.3, 0.4) is 0 Å². The normalized spacial score (nSPS) is 12.1. The summed E-state index contributed by atoms with van der Waals surface area (Å²) in [5.41, 5.74) is 0.0181. The van der Waals surface area contributed by atoms with Crippen LogP contribution in [-0.4, -0.2) is 23.0 Å². The number of Topliss-reactive ketones (excluding diaryl/α,β-unsaturated/α-hetero) is 1. The largest absolute Gasteiger partial charge is 0.490 e. The number of hydrogen-bond acceptors (Lipinski definition) is 2. The highest BCUT2D eigenvalue weighted by atomic mass is 19.4. The van der Waals surface area contributed by atoms with E-state index < -0.39 is 17.5 Å². The molecular formula is C13H12F3NO2. The highest BCUT2D eigenvalue weighted by Crippen LogP contribution is 2.33. The molecule has 0 amide bonds. The third-order valence-electron chi connectivity index (χ3n) is 2.53. The molecule has 0 aliphatic rings. The summed E-state index contributed by atoms with van der Waals surface area (Å²) in [6.07, 6.45) is -4.04. The molecule has 0 aliphatic heterocycles. The summed E-state index contributed by atoms with van der Waals surface area (Å²) in [7, 11) is 0. The van der Waals surface area contributed by atoms with Crippen LogP contribution in [0.4, 0.5) is 13.2 Å². The van der Waals surface area contributed by atoms with Crippen molar-refractivity contribution in [3.63, 3.8) is 0 Å². The second kappa shape index (κ2) is 4.60. The molecule has 0 radical (unpaired) electrons. The summed E-state index contributed by atoms with van der Waals surface area (Å²) in [6, 6.07) is 4.79. The molecule has 0 atom stereocenters. The number of nitrogens with one attached hydrogen (secondary N) is 1. The van der Waals surface area contributed by atoms with Crippen LogP contribution in [0.5, 0.6) is 5.75 Å². The number of alkyl halides is 3. The van der Waals surface area contributed by atoms with Gasteiger partial charge in [0.25, 0.3) is 5.78 Å². The van der Waals surface area contributed by atoms with Crippen molar-refractivity contribution in [1.29, 1.82) is 0 Å². The van der Waals surface area contributed by atoms with Crippen molar-refractivity contribution >= 4 is 16.7 Å². The van der Waals surface area contributed by atoms with Gasteiger partial charge in [-0.05, 0) is 26.0 Å². The Balaban J connectivity index is 2.60. The lowest BCUT2D eigenvalue weighted by atomic mass is 10.1. The van der Waals surface area contributed by atoms with E-state index in [9.17, 15) is 18.0 Å². The summed E-state index contributed by atoms with van der Waals surface area (Å²) < 4.78 is 43.0. The Hall–Kier alpha value is -1.98. The summed E-state index contributed by atoms with van der Waals surface area (Å²) in [5.74, 6) is -1.61. The van der Waals surface area contributed by atoms with Gasteiger partial charge in [-0.15, -0.1) is 0 Å². The van der Waals surface area contributed by atoms with Crippen LogP contribution in [0.1, 0.15) is 24.2 Å². The molecule has 1 heterocycles. The fourth-order valence-electron chi connectivity index (χ4n) is 1.84. The maximum absolute atomic E-state index is 12.5. The lowest BCUT2D eigenvalue weighted by Gasteiger charge is -2.12. The maximum atomic E-state index is 12.5. The molecule has 102 valence electrons. The predicted molar refractivity (Wildman–Crippen MR) is 64.4 cm³/mol. The summed E-state index contributed by atoms with van der Waals surface area (Å²) in [5, 5.41) is 0.165. The van der Waals surface area contributed by atoms with Crippen LogP contribution in [0.25, 0.3) is 10.9 Å². The molecule has 0 bridgehead atoms. The number of carbonyl (C=O) groups is 1. The molecule has 0 fully saturated rings. The third kappa shape index (κ3) is 2.57. The van der Waals surface area contributed by atoms with Crippen molar-refractivity contribution in [3.05, 3.63) is 30.0 Å². The molecule has 1 aromatic carbocycles. The Bertz CT molecular complexity index is 614. The van der Waals surface area contributed by atoms with Gasteiger partial charge in [0.1, 0.15) is 5.75 Å². The average molecular weight is 271 g/mol. The Morgan fingerprint density at radius 1 is 1.32 bits per heavy atom. The zero-order valence-corrected chi connectivity index (χ0v) is 10.3. The smallest absolute Gasteiger partial charge is 0.454 e. The molecule has 6 heteroatoms. The summed E-state index contributed by atoms with van der Waals surface area (Å²) >= 11 is 0. The Morgan fingerprint density at radius 3 is 2.58 bits per heavy atom.